The molecular formula is C13H20O7. The number of esters is 3. The lowest BCUT2D eigenvalue weighted by molar-refractivity contribution is -0.186. The van der Waals surface area contributed by atoms with E-state index in [1.807, 2.05) is 0 Å². The van der Waals surface area contributed by atoms with Crippen molar-refractivity contribution < 1.29 is 33.3 Å². The summed E-state index contributed by atoms with van der Waals surface area (Å²) in [4.78, 5) is 34.9. The molecule has 20 heavy (non-hydrogen) atoms. The number of hydrogen-bond donors (Lipinski definition) is 0. The van der Waals surface area contributed by atoms with Crippen molar-refractivity contribution in [2.75, 3.05) is 13.2 Å². The molecule has 0 radical (unpaired) electrons. The molecule has 1 fully saturated rings. The van der Waals surface area contributed by atoms with Crippen LogP contribution >= 0.6 is 0 Å². The number of ether oxygens (including phenoxy) is 4. The molecule has 1 unspecified atom stereocenters. The fourth-order valence-corrected chi connectivity index (χ4v) is 2.08. The highest BCUT2D eigenvalue weighted by atomic mass is 16.7. The van der Waals surface area contributed by atoms with Crippen molar-refractivity contribution in [2.45, 2.75) is 46.5 Å². The Morgan fingerprint density at radius 2 is 1.80 bits per heavy atom. The Labute approximate surface area is 117 Å². The second-order valence-electron chi connectivity index (χ2n) is 4.65. The molecule has 0 bridgehead atoms. The van der Waals surface area contributed by atoms with Gasteiger partial charge in [-0.1, -0.05) is 0 Å². The Morgan fingerprint density at radius 3 is 2.30 bits per heavy atom. The zero-order chi connectivity index (χ0) is 15.3. The molecule has 0 N–H and O–H groups in total. The summed E-state index contributed by atoms with van der Waals surface area (Å²) >= 11 is 0. The van der Waals surface area contributed by atoms with Gasteiger partial charge in [-0.25, -0.2) is 4.79 Å². The van der Waals surface area contributed by atoms with E-state index < -0.39 is 35.7 Å². The Kier molecular flexibility index (Phi) is 5.50. The van der Waals surface area contributed by atoms with Crippen molar-refractivity contribution in [3.63, 3.8) is 0 Å². The van der Waals surface area contributed by atoms with Crippen molar-refractivity contribution in [1.29, 1.82) is 0 Å². The highest BCUT2D eigenvalue weighted by molar-refractivity contribution is 5.87. The van der Waals surface area contributed by atoms with Crippen molar-refractivity contribution >= 4 is 17.9 Å². The van der Waals surface area contributed by atoms with Gasteiger partial charge in [-0.2, -0.15) is 0 Å². The van der Waals surface area contributed by atoms with E-state index in [0.717, 1.165) is 0 Å². The van der Waals surface area contributed by atoms with Crippen molar-refractivity contribution in [1.82, 2.24) is 0 Å². The van der Waals surface area contributed by atoms with Gasteiger partial charge in [0, 0.05) is 13.3 Å². The zero-order valence-electron chi connectivity index (χ0n) is 12.1. The lowest BCUT2D eigenvalue weighted by Crippen LogP contribution is -2.43. The maximum absolute atomic E-state index is 12.1. The summed E-state index contributed by atoms with van der Waals surface area (Å²) in [7, 11) is 0. The monoisotopic (exact) mass is 288 g/mol. The molecule has 114 valence electrons. The Hall–Kier alpha value is -1.63. The topological polar surface area (TPSA) is 88.1 Å². The summed E-state index contributed by atoms with van der Waals surface area (Å²) in [6.07, 6.45) is -2.06. The minimum Gasteiger partial charge on any atom is -0.465 e. The second kappa shape index (κ2) is 6.69. The number of rotatable bonds is 5. The average Bonchev–Trinajstić information content (AvgIpc) is 2.67. The molecule has 0 aromatic heterocycles. The highest BCUT2D eigenvalue weighted by Gasteiger charge is 2.56. The van der Waals surface area contributed by atoms with Gasteiger partial charge in [0.1, 0.15) is 5.41 Å². The van der Waals surface area contributed by atoms with Gasteiger partial charge in [-0.05, 0) is 20.8 Å². The minimum absolute atomic E-state index is 0.0505. The van der Waals surface area contributed by atoms with Gasteiger partial charge in [-0.15, -0.1) is 0 Å². The first-order valence-corrected chi connectivity index (χ1v) is 6.51. The van der Waals surface area contributed by atoms with E-state index in [-0.39, 0.29) is 19.6 Å². The second-order valence-corrected chi connectivity index (χ2v) is 4.65. The Balaban J connectivity index is 2.93. The van der Waals surface area contributed by atoms with Crippen LogP contribution in [-0.4, -0.2) is 43.5 Å². The SMILES string of the molecule is CCOC(=O)[C@H]1O[C@@H](OC(C)=O)CC1(C)C(=O)OCC. The summed E-state index contributed by atoms with van der Waals surface area (Å²) in [5, 5.41) is 0. The third-order valence-corrected chi connectivity index (χ3v) is 3.00. The molecule has 0 aliphatic carbocycles. The first-order valence-electron chi connectivity index (χ1n) is 6.51. The fraction of sp³-hybridized carbons (Fsp3) is 0.769. The van der Waals surface area contributed by atoms with E-state index in [0.29, 0.717) is 0 Å². The predicted octanol–water partition coefficient (Wildman–Crippen LogP) is 0.797. The Bertz CT molecular complexity index is 392. The number of carbonyl (C=O) groups is 3. The van der Waals surface area contributed by atoms with E-state index in [9.17, 15) is 14.4 Å². The summed E-state index contributed by atoms with van der Waals surface area (Å²) in [6, 6.07) is 0. The van der Waals surface area contributed by atoms with E-state index >= 15 is 0 Å². The van der Waals surface area contributed by atoms with Gasteiger partial charge in [0.15, 0.2) is 6.10 Å². The van der Waals surface area contributed by atoms with E-state index in [4.69, 9.17) is 18.9 Å². The number of carbonyl (C=O) groups excluding carboxylic acids is 3. The van der Waals surface area contributed by atoms with Gasteiger partial charge in [0.25, 0.3) is 0 Å². The van der Waals surface area contributed by atoms with Crippen LogP contribution in [0.1, 0.15) is 34.1 Å². The van der Waals surface area contributed by atoms with Gasteiger partial charge in [0.05, 0.1) is 13.2 Å². The maximum atomic E-state index is 12.1. The van der Waals surface area contributed by atoms with Crippen LogP contribution in [0.5, 0.6) is 0 Å². The molecular weight excluding hydrogens is 268 g/mol. The molecule has 0 spiro atoms. The molecule has 7 nitrogen and oxygen atoms in total. The van der Waals surface area contributed by atoms with Crippen molar-refractivity contribution in [2.24, 2.45) is 5.41 Å². The van der Waals surface area contributed by atoms with Gasteiger partial charge < -0.3 is 18.9 Å². The molecule has 0 saturated carbocycles. The van der Waals surface area contributed by atoms with E-state index in [1.165, 1.54) is 13.8 Å². The molecule has 0 amide bonds. The smallest absolute Gasteiger partial charge is 0.336 e. The van der Waals surface area contributed by atoms with Gasteiger partial charge >= 0.3 is 17.9 Å². The van der Waals surface area contributed by atoms with Crippen LogP contribution in [-0.2, 0) is 33.3 Å². The molecule has 1 aliphatic heterocycles. The first-order chi connectivity index (χ1) is 9.35. The third-order valence-electron chi connectivity index (χ3n) is 3.00. The van der Waals surface area contributed by atoms with Gasteiger partial charge in [0.2, 0.25) is 6.29 Å². The largest absolute Gasteiger partial charge is 0.465 e. The van der Waals surface area contributed by atoms with Crippen LogP contribution in [0.4, 0.5) is 0 Å². The molecule has 0 aromatic rings. The average molecular weight is 288 g/mol. The molecule has 1 heterocycles. The van der Waals surface area contributed by atoms with Crippen LogP contribution < -0.4 is 0 Å². The standard InChI is InChI=1S/C13H20O7/c1-5-17-11(15)10-13(4,12(16)18-6-2)7-9(20-10)19-8(3)14/h9-10H,5-7H2,1-4H3/t9-,10-,13?/m1/s1. The van der Waals surface area contributed by atoms with Crippen LogP contribution in [0.3, 0.4) is 0 Å². The highest BCUT2D eigenvalue weighted by Crippen LogP contribution is 2.40. The zero-order valence-corrected chi connectivity index (χ0v) is 12.1. The maximum Gasteiger partial charge on any atom is 0.336 e. The molecule has 1 aliphatic rings. The first kappa shape index (κ1) is 16.4. The summed E-state index contributed by atoms with van der Waals surface area (Å²) in [6.45, 7) is 6.43. The summed E-state index contributed by atoms with van der Waals surface area (Å²) in [5.41, 5.74) is -1.23. The Morgan fingerprint density at radius 1 is 1.20 bits per heavy atom. The summed E-state index contributed by atoms with van der Waals surface area (Å²) in [5.74, 6) is -1.80. The number of hydrogen-bond acceptors (Lipinski definition) is 7. The predicted molar refractivity (Wildman–Crippen MR) is 66.4 cm³/mol. The van der Waals surface area contributed by atoms with Gasteiger partial charge in [-0.3, -0.25) is 9.59 Å². The quantitative estimate of drug-likeness (QED) is 0.546. The summed E-state index contributed by atoms with van der Waals surface area (Å²) < 4.78 is 20.1. The molecule has 7 heteroatoms. The van der Waals surface area contributed by atoms with Crippen LogP contribution in [0.25, 0.3) is 0 Å². The third kappa shape index (κ3) is 3.47. The molecule has 1 rings (SSSR count). The van der Waals surface area contributed by atoms with Crippen LogP contribution in [0, 0.1) is 5.41 Å². The van der Waals surface area contributed by atoms with Crippen molar-refractivity contribution in [3.05, 3.63) is 0 Å². The van der Waals surface area contributed by atoms with E-state index in [1.54, 1.807) is 13.8 Å². The van der Waals surface area contributed by atoms with Crippen LogP contribution in [0.15, 0.2) is 0 Å². The van der Waals surface area contributed by atoms with Crippen molar-refractivity contribution in [3.8, 4) is 0 Å². The molecule has 0 aromatic carbocycles. The molecule has 3 atom stereocenters. The lowest BCUT2D eigenvalue weighted by Gasteiger charge is -2.25. The minimum atomic E-state index is -1.23. The fourth-order valence-electron chi connectivity index (χ4n) is 2.08. The van der Waals surface area contributed by atoms with E-state index in [2.05, 4.69) is 0 Å². The normalized spacial score (nSPS) is 28.8. The molecule has 1 saturated heterocycles. The van der Waals surface area contributed by atoms with Crippen LogP contribution in [0.2, 0.25) is 0 Å². The lowest BCUT2D eigenvalue weighted by atomic mass is 9.83.